The number of nitrogens with one attached hydrogen (secondary N) is 1. The summed E-state index contributed by atoms with van der Waals surface area (Å²) in [5, 5.41) is 7.68. The van der Waals surface area contributed by atoms with Crippen LogP contribution in [-0.4, -0.2) is 22.5 Å². The molecule has 4 rings (SSSR count). The molecule has 1 N–H and O–H groups in total. The van der Waals surface area contributed by atoms with Gasteiger partial charge >= 0.3 is 11.7 Å². The van der Waals surface area contributed by atoms with Crippen LogP contribution in [0.15, 0.2) is 62.5 Å². The molecule has 0 spiro atoms. The first-order chi connectivity index (χ1) is 14.9. The van der Waals surface area contributed by atoms with Gasteiger partial charge in [0.05, 0.1) is 18.0 Å². The van der Waals surface area contributed by atoms with E-state index in [-0.39, 0.29) is 24.3 Å². The number of amides is 1. The number of nitrogens with zero attached hydrogens (tertiary/aromatic N) is 2. The molecule has 0 bridgehead atoms. The summed E-state index contributed by atoms with van der Waals surface area (Å²) < 4.78 is 11.5. The van der Waals surface area contributed by atoms with Gasteiger partial charge in [-0.1, -0.05) is 0 Å². The Labute approximate surface area is 180 Å². The number of benzene rings is 1. The fourth-order valence-corrected chi connectivity index (χ4v) is 3.98. The molecule has 0 aliphatic carbocycles. The predicted molar refractivity (Wildman–Crippen MR) is 119 cm³/mol. The molecular weight excluding hydrogens is 418 g/mol. The second-order valence-corrected chi connectivity index (χ2v) is 8.06. The summed E-state index contributed by atoms with van der Waals surface area (Å²) in [6, 6.07) is 13.4. The Balaban J connectivity index is 1.71. The standard InChI is InChI=1S/C22H19N3O5S/c1-3-29-22(28)23-15-5-6-16-14(10-21(27)30-18(16)11-15)12-25-20(26)9-7-17(24-25)19-8-4-13(2)31-19/h4-11H,3,12H2,1-2H3,(H,23,28). The van der Waals surface area contributed by atoms with Crippen LogP contribution in [0.25, 0.3) is 21.5 Å². The van der Waals surface area contributed by atoms with Crippen molar-refractivity contribution in [3.63, 3.8) is 0 Å². The fraction of sp³-hybridized carbons (Fsp3) is 0.182. The maximum absolute atomic E-state index is 12.4. The second-order valence-electron chi connectivity index (χ2n) is 6.77. The van der Waals surface area contributed by atoms with Crippen molar-refractivity contribution in [2.24, 2.45) is 0 Å². The quantitative estimate of drug-likeness (QED) is 0.473. The highest BCUT2D eigenvalue weighted by Gasteiger charge is 2.12. The number of carbonyl (C=O) groups is 1. The maximum atomic E-state index is 12.4. The molecule has 0 fully saturated rings. The summed E-state index contributed by atoms with van der Waals surface area (Å²) >= 11 is 1.59. The third-order valence-electron chi connectivity index (χ3n) is 4.53. The van der Waals surface area contributed by atoms with E-state index in [1.807, 2.05) is 19.1 Å². The van der Waals surface area contributed by atoms with E-state index >= 15 is 0 Å². The van der Waals surface area contributed by atoms with Crippen molar-refractivity contribution in [2.75, 3.05) is 11.9 Å². The van der Waals surface area contributed by atoms with Crippen LogP contribution in [0.2, 0.25) is 0 Å². The Bertz CT molecular complexity index is 1390. The molecule has 0 aliphatic rings. The van der Waals surface area contributed by atoms with Crippen LogP contribution in [0.3, 0.4) is 0 Å². The third-order valence-corrected chi connectivity index (χ3v) is 5.55. The van der Waals surface area contributed by atoms with Crippen LogP contribution in [0.5, 0.6) is 0 Å². The van der Waals surface area contributed by atoms with E-state index in [1.165, 1.54) is 22.9 Å². The lowest BCUT2D eigenvalue weighted by Crippen LogP contribution is -2.23. The Hall–Kier alpha value is -3.72. The molecule has 0 atom stereocenters. The van der Waals surface area contributed by atoms with Crippen molar-refractivity contribution in [3.05, 3.63) is 79.7 Å². The van der Waals surface area contributed by atoms with E-state index in [2.05, 4.69) is 10.4 Å². The zero-order valence-corrected chi connectivity index (χ0v) is 17.7. The molecule has 158 valence electrons. The molecule has 0 radical (unpaired) electrons. The smallest absolute Gasteiger partial charge is 0.411 e. The molecule has 4 aromatic rings. The summed E-state index contributed by atoms with van der Waals surface area (Å²) in [4.78, 5) is 38.3. The molecule has 9 heteroatoms. The fourth-order valence-electron chi connectivity index (χ4n) is 3.15. The summed E-state index contributed by atoms with van der Waals surface area (Å²) in [6.07, 6.45) is -0.600. The number of aromatic nitrogens is 2. The van der Waals surface area contributed by atoms with Gasteiger partial charge in [-0.3, -0.25) is 10.1 Å². The van der Waals surface area contributed by atoms with Gasteiger partial charge in [0.25, 0.3) is 5.56 Å². The Morgan fingerprint density at radius 3 is 2.74 bits per heavy atom. The number of rotatable bonds is 5. The minimum absolute atomic E-state index is 0.101. The summed E-state index contributed by atoms with van der Waals surface area (Å²) in [7, 11) is 0. The Morgan fingerprint density at radius 1 is 1.16 bits per heavy atom. The minimum Gasteiger partial charge on any atom is -0.450 e. The van der Waals surface area contributed by atoms with Crippen molar-refractivity contribution >= 4 is 34.1 Å². The molecule has 8 nitrogen and oxygen atoms in total. The number of fused-ring (bicyclic) bond motifs is 1. The Morgan fingerprint density at radius 2 is 2.00 bits per heavy atom. The van der Waals surface area contributed by atoms with E-state index in [1.54, 1.807) is 36.5 Å². The zero-order valence-electron chi connectivity index (χ0n) is 16.9. The SMILES string of the molecule is CCOC(=O)Nc1ccc2c(Cn3nc(-c4ccc(C)s4)ccc3=O)cc(=O)oc2c1. The van der Waals surface area contributed by atoms with E-state index in [0.29, 0.717) is 22.3 Å². The van der Waals surface area contributed by atoms with E-state index in [9.17, 15) is 14.4 Å². The third kappa shape index (κ3) is 4.56. The number of thiophene rings is 1. The van der Waals surface area contributed by atoms with Gasteiger partial charge in [-0.15, -0.1) is 11.3 Å². The molecule has 3 aromatic heterocycles. The lowest BCUT2D eigenvalue weighted by atomic mass is 10.1. The van der Waals surface area contributed by atoms with Crippen LogP contribution < -0.4 is 16.5 Å². The molecule has 31 heavy (non-hydrogen) atoms. The average molecular weight is 437 g/mol. The van der Waals surface area contributed by atoms with Crippen molar-refractivity contribution in [3.8, 4) is 10.6 Å². The number of carbonyl (C=O) groups excluding carboxylic acids is 1. The van der Waals surface area contributed by atoms with Gasteiger partial charge in [-0.25, -0.2) is 14.3 Å². The second kappa shape index (κ2) is 8.57. The zero-order chi connectivity index (χ0) is 22.0. The van der Waals surface area contributed by atoms with Crippen LogP contribution >= 0.6 is 11.3 Å². The lowest BCUT2D eigenvalue weighted by Gasteiger charge is -2.10. The summed E-state index contributed by atoms with van der Waals surface area (Å²) in [6.45, 7) is 4.05. The highest BCUT2D eigenvalue weighted by Crippen LogP contribution is 2.26. The molecule has 0 unspecified atom stereocenters. The van der Waals surface area contributed by atoms with Gasteiger partial charge in [0.1, 0.15) is 11.3 Å². The highest BCUT2D eigenvalue weighted by molar-refractivity contribution is 7.15. The van der Waals surface area contributed by atoms with Crippen LogP contribution in [0.1, 0.15) is 17.4 Å². The van der Waals surface area contributed by atoms with E-state index < -0.39 is 11.7 Å². The molecule has 1 amide bonds. The van der Waals surface area contributed by atoms with Crippen LogP contribution in [0, 0.1) is 6.92 Å². The number of aryl methyl sites for hydroxylation is 1. The minimum atomic E-state index is -0.600. The molecule has 1 aromatic carbocycles. The first kappa shape index (κ1) is 20.5. The van der Waals surface area contributed by atoms with Gasteiger partial charge in [0.15, 0.2) is 0 Å². The van der Waals surface area contributed by atoms with Gasteiger partial charge in [0.2, 0.25) is 0 Å². The average Bonchev–Trinajstić information content (AvgIpc) is 3.15. The normalized spacial score (nSPS) is 10.9. The number of hydrogen-bond acceptors (Lipinski definition) is 7. The molecule has 0 saturated carbocycles. The van der Waals surface area contributed by atoms with Crippen LogP contribution in [-0.2, 0) is 11.3 Å². The van der Waals surface area contributed by atoms with Gasteiger partial charge in [-0.05, 0) is 49.7 Å². The lowest BCUT2D eigenvalue weighted by molar-refractivity contribution is 0.168. The largest absolute Gasteiger partial charge is 0.450 e. The van der Waals surface area contributed by atoms with Gasteiger partial charge in [-0.2, -0.15) is 5.10 Å². The maximum Gasteiger partial charge on any atom is 0.411 e. The number of hydrogen-bond donors (Lipinski definition) is 1. The van der Waals surface area contributed by atoms with Crippen molar-refractivity contribution in [1.82, 2.24) is 9.78 Å². The van der Waals surface area contributed by atoms with Gasteiger partial charge in [0, 0.05) is 34.1 Å². The van der Waals surface area contributed by atoms with Crippen molar-refractivity contribution < 1.29 is 13.9 Å². The highest BCUT2D eigenvalue weighted by atomic mass is 32.1. The van der Waals surface area contributed by atoms with E-state index in [0.717, 1.165) is 9.75 Å². The van der Waals surface area contributed by atoms with E-state index in [4.69, 9.17) is 9.15 Å². The summed E-state index contributed by atoms with van der Waals surface area (Å²) in [5.74, 6) is 0. The van der Waals surface area contributed by atoms with Gasteiger partial charge < -0.3 is 9.15 Å². The molecule has 3 heterocycles. The Kier molecular flexibility index (Phi) is 5.68. The van der Waals surface area contributed by atoms with Crippen molar-refractivity contribution in [2.45, 2.75) is 20.4 Å². The first-order valence-electron chi connectivity index (χ1n) is 9.58. The topological polar surface area (TPSA) is 103 Å². The number of ether oxygens (including phenoxy) is 1. The summed E-state index contributed by atoms with van der Waals surface area (Å²) in [5.41, 5.74) is 1.15. The predicted octanol–water partition coefficient (Wildman–Crippen LogP) is 4.00. The first-order valence-corrected chi connectivity index (χ1v) is 10.4. The van der Waals surface area contributed by atoms with Crippen LogP contribution in [0.4, 0.5) is 10.5 Å². The molecule has 0 saturated heterocycles. The molecular formula is C22H19N3O5S. The van der Waals surface area contributed by atoms with Crippen molar-refractivity contribution in [1.29, 1.82) is 0 Å². The monoisotopic (exact) mass is 437 g/mol. The number of anilines is 1. The molecule has 0 aliphatic heterocycles.